The lowest BCUT2D eigenvalue weighted by molar-refractivity contribution is 0.102. The predicted molar refractivity (Wildman–Crippen MR) is 111 cm³/mol. The first-order chi connectivity index (χ1) is 14.2. The summed E-state index contributed by atoms with van der Waals surface area (Å²) in [7, 11) is 0. The number of nitrogens with one attached hydrogen (secondary N) is 2. The molecule has 0 radical (unpaired) electrons. The average molecular weight is 392 g/mol. The third-order valence-electron chi connectivity index (χ3n) is 4.64. The van der Waals surface area contributed by atoms with Gasteiger partial charge >= 0.3 is 0 Å². The number of benzene rings is 2. The first kappa shape index (κ1) is 18.9. The molecule has 1 amide bonds. The molecule has 4 rings (SSSR count). The summed E-state index contributed by atoms with van der Waals surface area (Å²) in [6, 6.07) is 17.0. The molecule has 0 bridgehead atoms. The number of carbonyl (C=O) groups is 1. The molecule has 148 valence electrons. The zero-order chi connectivity index (χ0) is 20.1. The Hall–Kier alpha value is -3.45. The maximum Gasteiger partial charge on any atom is 0.255 e. The summed E-state index contributed by atoms with van der Waals surface area (Å²) in [5.41, 5.74) is 2.89. The normalized spacial score (nSPS) is 13.8. The monoisotopic (exact) mass is 392 g/mol. The van der Waals surface area contributed by atoms with Gasteiger partial charge in [-0.25, -0.2) is 9.37 Å². The van der Waals surface area contributed by atoms with Crippen molar-refractivity contribution >= 4 is 28.8 Å². The second kappa shape index (κ2) is 8.70. The van der Waals surface area contributed by atoms with Gasteiger partial charge in [0.1, 0.15) is 11.6 Å². The van der Waals surface area contributed by atoms with Crippen molar-refractivity contribution in [1.82, 2.24) is 4.98 Å². The van der Waals surface area contributed by atoms with Gasteiger partial charge in [-0.2, -0.15) is 0 Å². The SMILES string of the molecule is O=C(Nc1ccccc1N1CCOCC1)c1ccnc(Nc2ccc(F)cc2)c1. The number of pyridine rings is 1. The van der Waals surface area contributed by atoms with Crippen LogP contribution in [0, 0.1) is 5.82 Å². The van der Waals surface area contributed by atoms with E-state index in [2.05, 4.69) is 20.5 Å². The molecule has 0 unspecified atom stereocenters. The Morgan fingerprint density at radius 3 is 2.59 bits per heavy atom. The Kier molecular flexibility index (Phi) is 5.67. The van der Waals surface area contributed by atoms with Crippen molar-refractivity contribution in [2.75, 3.05) is 41.8 Å². The van der Waals surface area contributed by atoms with Crippen LogP contribution < -0.4 is 15.5 Å². The third-order valence-corrected chi connectivity index (χ3v) is 4.64. The van der Waals surface area contributed by atoms with Crippen LogP contribution >= 0.6 is 0 Å². The lowest BCUT2D eigenvalue weighted by Gasteiger charge is -2.30. The Bertz CT molecular complexity index is 988. The molecule has 0 spiro atoms. The van der Waals surface area contributed by atoms with Crippen LogP contribution in [-0.2, 0) is 4.74 Å². The third kappa shape index (κ3) is 4.70. The molecule has 0 atom stereocenters. The highest BCUT2D eigenvalue weighted by molar-refractivity contribution is 6.06. The topological polar surface area (TPSA) is 66.5 Å². The van der Waals surface area contributed by atoms with E-state index in [1.807, 2.05) is 24.3 Å². The fourth-order valence-electron chi connectivity index (χ4n) is 3.18. The van der Waals surface area contributed by atoms with E-state index in [0.717, 1.165) is 24.5 Å². The van der Waals surface area contributed by atoms with E-state index in [9.17, 15) is 9.18 Å². The summed E-state index contributed by atoms with van der Waals surface area (Å²) < 4.78 is 18.5. The number of carbonyl (C=O) groups excluding carboxylic acids is 1. The summed E-state index contributed by atoms with van der Waals surface area (Å²) in [6.45, 7) is 2.91. The van der Waals surface area contributed by atoms with Crippen LogP contribution in [0.4, 0.5) is 27.3 Å². The lowest BCUT2D eigenvalue weighted by atomic mass is 10.2. The van der Waals surface area contributed by atoms with Crippen LogP contribution in [0.2, 0.25) is 0 Å². The number of aromatic nitrogens is 1. The van der Waals surface area contributed by atoms with Crippen molar-refractivity contribution in [1.29, 1.82) is 0 Å². The van der Waals surface area contributed by atoms with E-state index in [1.54, 1.807) is 30.5 Å². The number of halogens is 1. The number of rotatable bonds is 5. The van der Waals surface area contributed by atoms with Crippen LogP contribution in [0.3, 0.4) is 0 Å². The quantitative estimate of drug-likeness (QED) is 0.686. The van der Waals surface area contributed by atoms with Crippen molar-refractivity contribution in [2.45, 2.75) is 0 Å². The van der Waals surface area contributed by atoms with Gasteiger partial charge in [0, 0.05) is 30.5 Å². The van der Waals surface area contributed by atoms with E-state index in [4.69, 9.17) is 4.74 Å². The smallest absolute Gasteiger partial charge is 0.255 e. The molecule has 2 aromatic carbocycles. The molecule has 1 aromatic heterocycles. The Balaban J connectivity index is 1.50. The van der Waals surface area contributed by atoms with Crippen molar-refractivity contribution in [3.05, 3.63) is 78.2 Å². The van der Waals surface area contributed by atoms with Crippen LogP contribution in [0.15, 0.2) is 66.9 Å². The molecule has 1 saturated heterocycles. The van der Waals surface area contributed by atoms with Gasteiger partial charge < -0.3 is 20.3 Å². The zero-order valence-corrected chi connectivity index (χ0v) is 15.8. The van der Waals surface area contributed by atoms with E-state index < -0.39 is 0 Å². The number of amides is 1. The molecule has 3 aromatic rings. The van der Waals surface area contributed by atoms with Gasteiger partial charge in [-0.05, 0) is 48.5 Å². The highest BCUT2D eigenvalue weighted by Gasteiger charge is 2.16. The van der Waals surface area contributed by atoms with E-state index in [0.29, 0.717) is 30.3 Å². The number of anilines is 4. The number of nitrogens with zero attached hydrogens (tertiary/aromatic N) is 2. The Morgan fingerprint density at radius 2 is 1.79 bits per heavy atom. The van der Waals surface area contributed by atoms with Crippen LogP contribution in [0.5, 0.6) is 0 Å². The average Bonchev–Trinajstić information content (AvgIpc) is 2.76. The molecule has 0 saturated carbocycles. The number of para-hydroxylation sites is 2. The van der Waals surface area contributed by atoms with Crippen molar-refractivity contribution in [2.24, 2.45) is 0 Å². The van der Waals surface area contributed by atoms with Gasteiger partial charge in [-0.1, -0.05) is 12.1 Å². The molecule has 6 nitrogen and oxygen atoms in total. The minimum absolute atomic E-state index is 0.227. The molecule has 2 heterocycles. The number of hydrogen-bond donors (Lipinski definition) is 2. The first-order valence-corrected chi connectivity index (χ1v) is 9.41. The summed E-state index contributed by atoms with van der Waals surface area (Å²) in [6.07, 6.45) is 1.56. The van der Waals surface area contributed by atoms with E-state index >= 15 is 0 Å². The molecule has 1 fully saturated rings. The maximum absolute atomic E-state index is 13.1. The largest absolute Gasteiger partial charge is 0.378 e. The molecule has 0 aliphatic carbocycles. The minimum atomic E-state index is -0.310. The van der Waals surface area contributed by atoms with E-state index in [1.165, 1.54) is 12.1 Å². The predicted octanol–water partition coefficient (Wildman–Crippen LogP) is 4.05. The molecule has 2 N–H and O–H groups in total. The molecule has 29 heavy (non-hydrogen) atoms. The summed E-state index contributed by atoms with van der Waals surface area (Å²) in [4.78, 5) is 19.3. The molecular formula is C22H21FN4O2. The molecule has 1 aliphatic heterocycles. The lowest BCUT2D eigenvalue weighted by Crippen LogP contribution is -2.36. The first-order valence-electron chi connectivity index (χ1n) is 9.41. The minimum Gasteiger partial charge on any atom is -0.378 e. The van der Waals surface area contributed by atoms with Gasteiger partial charge in [0.15, 0.2) is 0 Å². The van der Waals surface area contributed by atoms with E-state index in [-0.39, 0.29) is 11.7 Å². The Labute approximate surface area is 168 Å². The summed E-state index contributed by atoms with van der Waals surface area (Å²) >= 11 is 0. The fourth-order valence-corrected chi connectivity index (χ4v) is 3.18. The number of ether oxygens (including phenoxy) is 1. The number of hydrogen-bond acceptors (Lipinski definition) is 5. The second-order valence-corrected chi connectivity index (χ2v) is 6.63. The van der Waals surface area contributed by atoms with Gasteiger partial charge in [-0.15, -0.1) is 0 Å². The maximum atomic E-state index is 13.1. The van der Waals surface area contributed by atoms with Crippen molar-refractivity contribution < 1.29 is 13.9 Å². The van der Waals surface area contributed by atoms with Gasteiger partial charge in [0.25, 0.3) is 5.91 Å². The summed E-state index contributed by atoms with van der Waals surface area (Å²) in [5, 5.41) is 6.07. The Morgan fingerprint density at radius 1 is 1.03 bits per heavy atom. The highest BCUT2D eigenvalue weighted by Crippen LogP contribution is 2.27. The highest BCUT2D eigenvalue weighted by atomic mass is 19.1. The van der Waals surface area contributed by atoms with Crippen molar-refractivity contribution in [3.8, 4) is 0 Å². The molecule has 1 aliphatic rings. The molecule has 7 heteroatoms. The molecular weight excluding hydrogens is 371 g/mol. The van der Waals surface area contributed by atoms with Gasteiger partial charge in [0.05, 0.1) is 24.6 Å². The second-order valence-electron chi connectivity index (χ2n) is 6.63. The zero-order valence-electron chi connectivity index (χ0n) is 15.8. The van der Waals surface area contributed by atoms with Crippen molar-refractivity contribution in [3.63, 3.8) is 0 Å². The van der Waals surface area contributed by atoms with Crippen LogP contribution in [0.1, 0.15) is 10.4 Å². The summed E-state index contributed by atoms with van der Waals surface area (Å²) in [5.74, 6) is -0.0310. The van der Waals surface area contributed by atoms with Crippen LogP contribution in [0.25, 0.3) is 0 Å². The van der Waals surface area contributed by atoms with Gasteiger partial charge in [-0.3, -0.25) is 4.79 Å². The number of morpholine rings is 1. The standard InChI is InChI=1S/C22H21FN4O2/c23-17-5-7-18(8-6-17)25-21-15-16(9-10-24-21)22(28)26-19-3-1-2-4-20(19)27-11-13-29-14-12-27/h1-10,15H,11-14H2,(H,24,25)(H,26,28). The fraction of sp³-hybridized carbons (Fsp3) is 0.182. The van der Waals surface area contributed by atoms with Crippen LogP contribution in [-0.4, -0.2) is 37.2 Å². The van der Waals surface area contributed by atoms with Gasteiger partial charge in [0.2, 0.25) is 0 Å².